The van der Waals surface area contributed by atoms with Gasteiger partial charge < -0.3 is 20.7 Å². The minimum atomic E-state index is -0.143. The zero-order valence-electron chi connectivity index (χ0n) is 21.7. The van der Waals surface area contributed by atoms with Gasteiger partial charge in [-0.05, 0) is 99.2 Å². The third-order valence-electron chi connectivity index (χ3n) is 7.60. The monoisotopic (exact) mass is 496 g/mol. The minimum absolute atomic E-state index is 0.00809. The molecule has 0 bridgehead atoms. The lowest BCUT2D eigenvalue weighted by atomic mass is 9.96. The number of rotatable bonds is 8. The molecule has 0 radical (unpaired) electrons. The Labute approximate surface area is 219 Å². The first-order valence-electron chi connectivity index (χ1n) is 13.2. The summed E-state index contributed by atoms with van der Waals surface area (Å²) < 4.78 is 6.15. The van der Waals surface area contributed by atoms with E-state index in [0.717, 1.165) is 50.1 Å². The summed E-state index contributed by atoms with van der Waals surface area (Å²) in [5.41, 5.74) is 11.2. The van der Waals surface area contributed by atoms with Crippen molar-refractivity contribution in [3.8, 4) is 5.75 Å². The highest BCUT2D eigenvalue weighted by molar-refractivity contribution is 6.14. The van der Waals surface area contributed by atoms with Crippen molar-refractivity contribution in [2.75, 3.05) is 25.9 Å². The molecule has 3 aromatic carbocycles. The Morgan fingerprint density at radius 1 is 1.00 bits per heavy atom. The third kappa shape index (κ3) is 5.86. The van der Waals surface area contributed by atoms with Crippen LogP contribution in [0.1, 0.15) is 64.3 Å². The normalized spacial score (nSPS) is 17.2. The molecule has 1 amide bonds. The lowest BCUT2D eigenvalue weighted by Crippen LogP contribution is -2.35. The van der Waals surface area contributed by atoms with Gasteiger partial charge in [0.2, 0.25) is 0 Å². The third-order valence-corrected chi connectivity index (χ3v) is 7.60. The van der Waals surface area contributed by atoms with Crippen molar-refractivity contribution >= 4 is 17.3 Å². The van der Waals surface area contributed by atoms with Gasteiger partial charge in [0.1, 0.15) is 11.9 Å². The molecule has 5 rings (SSSR count). The Morgan fingerprint density at radius 2 is 1.68 bits per heavy atom. The summed E-state index contributed by atoms with van der Waals surface area (Å²) in [6.45, 7) is 4.18. The summed E-state index contributed by atoms with van der Waals surface area (Å²) in [6, 6.07) is 21.0. The van der Waals surface area contributed by atoms with Gasteiger partial charge in [-0.15, -0.1) is 0 Å². The molecule has 3 aromatic rings. The van der Waals surface area contributed by atoms with Crippen molar-refractivity contribution in [3.05, 3.63) is 94.5 Å². The molecule has 1 saturated carbocycles. The number of likely N-dealkylation sites (tertiary alicyclic amines) is 1. The number of nitrogens with two attached hydrogens (primary N) is 1. The van der Waals surface area contributed by atoms with E-state index in [0.29, 0.717) is 22.7 Å². The number of hydrogen-bond donors (Lipinski definition) is 3. The summed E-state index contributed by atoms with van der Waals surface area (Å²) in [7, 11) is 2.14. The quantitative estimate of drug-likeness (QED) is 0.290. The van der Waals surface area contributed by atoms with Gasteiger partial charge in [-0.25, -0.2) is 0 Å². The molecule has 4 N–H and O–H groups in total. The molecule has 1 saturated heterocycles. The Bertz CT molecular complexity index is 1270. The number of piperidine rings is 1. The molecule has 2 aliphatic rings. The topological polar surface area (TPSA) is 91.4 Å². The van der Waals surface area contributed by atoms with Gasteiger partial charge >= 0.3 is 0 Å². The van der Waals surface area contributed by atoms with Crippen molar-refractivity contribution < 1.29 is 9.53 Å². The van der Waals surface area contributed by atoms with E-state index in [1.165, 1.54) is 11.1 Å². The van der Waals surface area contributed by atoms with Crippen molar-refractivity contribution in [2.24, 2.45) is 5.92 Å². The highest BCUT2D eigenvalue weighted by Gasteiger charge is 2.34. The average Bonchev–Trinajstić information content (AvgIpc) is 3.75. The van der Waals surface area contributed by atoms with Crippen LogP contribution in [0.3, 0.4) is 0 Å². The lowest BCUT2D eigenvalue weighted by molar-refractivity contribution is 0.0931. The zero-order chi connectivity index (χ0) is 25.9. The zero-order valence-corrected chi connectivity index (χ0v) is 21.7. The van der Waals surface area contributed by atoms with Gasteiger partial charge in [0, 0.05) is 35.5 Å². The Morgan fingerprint density at radius 3 is 2.35 bits per heavy atom. The molecular weight excluding hydrogens is 460 g/mol. The number of carbonyl (C=O) groups is 1. The van der Waals surface area contributed by atoms with Crippen LogP contribution in [-0.2, 0) is 0 Å². The van der Waals surface area contributed by atoms with Gasteiger partial charge in [-0.1, -0.05) is 24.3 Å². The SMILES string of the molecule is Cc1ccccc1C(NC(=O)c1ccc(N)c(C(=N)c2ccc(OC3CCN(C)CC3)cc2)c1)C1CC1. The summed E-state index contributed by atoms with van der Waals surface area (Å²) in [4.78, 5) is 15.6. The summed E-state index contributed by atoms with van der Waals surface area (Å²) >= 11 is 0. The van der Waals surface area contributed by atoms with Crippen LogP contribution in [0, 0.1) is 18.3 Å². The number of nitrogens with one attached hydrogen (secondary N) is 2. The Hall–Kier alpha value is -3.64. The molecule has 192 valence electrons. The smallest absolute Gasteiger partial charge is 0.251 e. The molecule has 6 nitrogen and oxygen atoms in total. The number of hydrogen-bond acceptors (Lipinski definition) is 5. The number of nitrogens with zero attached hydrogens (tertiary/aromatic N) is 1. The van der Waals surface area contributed by atoms with E-state index in [9.17, 15) is 4.79 Å². The minimum Gasteiger partial charge on any atom is -0.490 e. The molecule has 1 heterocycles. The second kappa shape index (κ2) is 10.8. The van der Waals surface area contributed by atoms with Crippen LogP contribution >= 0.6 is 0 Å². The van der Waals surface area contributed by atoms with Crippen LogP contribution in [0.4, 0.5) is 5.69 Å². The lowest BCUT2D eigenvalue weighted by Gasteiger charge is -2.29. The number of amides is 1. The van der Waals surface area contributed by atoms with Crippen LogP contribution in [0.15, 0.2) is 66.7 Å². The molecule has 1 aliphatic carbocycles. The molecular formula is C31H36N4O2. The highest BCUT2D eigenvalue weighted by atomic mass is 16.5. The summed E-state index contributed by atoms with van der Waals surface area (Å²) in [6.07, 6.45) is 4.50. The van der Waals surface area contributed by atoms with Crippen LogP contribution in [0.5, 0.6) is 5.75 Å². The molecule has 2 fully saturated rings. The van der Waals surface area contributed by atoms with Crippen LogP contribution in [-0.4, -0.2) is 42.8 Å². The average molecular weight is 497 g/mol. The second-order valence-corrected chi connectivity index (χ2v) is 10.5. The fraction of sp³-hybridized carbons (Fsp3) is 0.355. The maximum Gasteiger partial charge on any atom is 0.251 e. The predicted molar refractivity (Wildman–Crippen MR) is 148 cm³/mol. The molecule has 37 heavy (non-hydrogen) atoms. The second-order valence-electron chi connectivity index (χ2n) is 10.5. The van der Waals surface area contributed by atoms with E-state index in [2.05, 4.69) is 36.3 Å². The first-order valence-corrected chi connectivity index (χ1v) is 13.2. The van der Waals surface area contributed by atoms with E-state index >= 15 is 0 Å². The number of benzene rings is 3. The Kier molecular flexibility index (Phi) is 7.28. The highest BCUT2D eigenvalue weighted by Crippen LogP contribution is 2.42. The van der Waals surface area contributed by atoms with E-state index in [1.807, 2.05) is 36.4 Å². The molecule has 1 unspecified atom stereocenters. The van der Waals surface area contributed by atoms with Crippen LogP contribution < -0.4 is 15.8 Å². The van der Waals surface area contributed by atoms with E-state index < -0.39 is 0 Å². The summed E-state index contributed by atoms with van der Waals surface area (Å²) in [5, 5.41) is 12.1. The predicted octanol–water partition coefficient (Wildman–Crippen LogP) is 5.35. The number of ether oxygens (including phenoxy) is 1. The molecule has 0 spiro atoms. The van der Waals surface area contributed by atoms with E-state index in [4.69, 9.17) is 15.9 Å². The van der Waals surface area contributed by atoms with Crippen LogP contribution in [0.25, 0.3) is 0 Å². The fourth-order valence-corrected chi connectivity index (χ4v) is 5.10. The number of aryl methyl sites for hydroxylation is 1. The molecule has 1 atom stereocenters. The largest absolute Gasteiger partial charge is 0.490 e. The first-order chi connectivity index (χ1) is 17.9. The number of nitrogen functional groups attached to an aromatic ring is 1. The van der Waals surface area contributed by atoms with Crippen molar-refractivity contribution in [1.29, 1.82) is 5.41 Å². The standard InChI is InChI=1S/C31H36N4O2/c1-20-5-3-4-6-26(20)30(22-7-8-22)34-31(36)23-11-14-28(32)27(19-23)29(33)21-9-12-24(13-10-21)37-25-15-17-35(2)18-16-25/h3-6,9-14,19,22,25,30,33H,7-8,15-18,32H2,1-2H3,(H,34,36). The first kappa shape index (κ1) is 25.0. The van der Waals surface area contributed by atoms with E-state index in [-0.39, 0.29) is 23.8 Å². The molecule has 6 heteroatoms. The Balaban J connectivity index is 1.29. The van der Waals surface area contributed by atoms with Gasteiger partial charge in [0.05, 0.1) is 11.8 Å². The van der Waals surface area contributed by atoms with Crippen LogP contribution in [0.2, 0.25) is 0 Å². The maximum absolute atomic E-state index is 13.3. The van der Waals surface area contributed by atoms with Gasteiger partial charge in [-0.3, -0.25) is 10.2 Å². The molecule has 0 aromatic heterocycles. The number of anilines is 1. The van der Waals surface area contributed by atoms with Crippen molar-refractivity contribution in [2.45, 2.75) is 44.8 Å². The van der Waals surface area contributed by atoms with Gasteiger partial charge in [0.15, 0.2) is 0 Å². The van der Waals surface area contributed by atoms with Crippen molar-refractivity contribution in [3.63, 3.8) is 0 Å². The van der Waals surface area contributed by atoms with E-state index in [1.54, 1.807) is 18.2 Å². The summed E-state index contributed by atoms with van der Waals surface area (Å²) in [5.74, 6) is 1.14. The fourth-order valence-electron chi connectivity index (χ4n) is 5.10. The van der Waals surface area contributed by atoms with Crippen molar-refractivity contribution in [1.82, 2.24) is 10.2 Å². The number of carbonyl (C=O) groups excluding carboxylic acids is 1. The maximum atomic E-state index is 13.3. The van der Waals surface area contributed by atoms with Gasteiger partial charge in [0.25, 0.3) is 5.91 Å². The molecule has 1 aliphatic heterocycles. The van der Waals surface area contributed by atoms with Gasteiger partial charge in [-0.2, -0.15) is 0 Å².